The average molecular weight is 601 g/mol. The molecule has 1 heterocycles. The summed E-state index contributed by atoms with van der Waals surface area (Å²) in [6.45, 7) is 19.2. The molecule has 1 rings (SSSR count). The normalized spacial score (nSPS) is 16.8. The number of unbranched alkanes of at least 4 members (excludes halogenated alkanes) is 10. The second-order valence-corrected chi connectivity index (χ2v) is 13.4. The number of rotatable bonds is 20. The van der Waals surface area contributed by atoms with Crippen LogP contribution in [-0.4, -0.2) is 56.3 Å². The van der Waals surface area contributed by atoms with Gasteiger partial charge >= 0.3 is 11.9 Å². The molecular formula is C34H64O8. The summed E-state index contributed by atoms with van der Waals surface area (Å²) in [5, 5.41) is 45.6. The van der Waals surface area contributed by atoms with Crippen molar-refractivity contribution >= 4 is 11.9 Å². The number of ether oxygens (including phenoxy) is 1. The molecule has 1 aliphatic heterocycles. The Bertz CT molecular complexity index is 798. The van der Waals surface area contributed by atoms with Gasteiger partial charge in [-0.05, 0) is 35.5 Å². The van der Waals surface area contributed by atoms with Crippen LogP contribution in [0, 0.1) is 34.5 Å². The van der Waals surface area contributed by atoms with E-state index in [-0.39, 0.29) is 17.3 Å². The number of esters is 1. The average Bonchev–Trinajstić information content (AvgIpc) is 3.17. The third-order valence-corrected chi connectivity index (χ3v) is 9.68. The van der Waals surface area contributed by atoms with E-state index in [0.717, 1.165) is 12.8 Å². The fourth-order valence-corrected chi connectivity index (χ4v) is 7.75. The molecule has 0 aliphatic carbocycles. The summed E-state index contributed by atoms with van der Waals surface area (Å²) >= 11 is 0. The molecule has 0 saturated heterocycles. The van der Waals surface area contributed by atoms with E-state index < -0.39 is 47.7 Å². The Hall–Kier alpha value is -1.80. The van der Waals surface area contributed by atoms with E-state index in [2.05, 4.69) is 67.1 Å². The maximum atomic E-state index is 12.9. The molecule has 8 nitrogen and oxygen atoms in total. The predicted molar refractivity (Wildman–Crippen MR) is 168 cm³/mol. The third kappa shape index (κ3) is 9.87. The molecule has 8 heteroatoms. The van der Waals surface area contributed by atoms with Crippen LogP contribution in [0.25, 0.3) is 0 Å². The molecule has 0 aromatic heterocycles. The zero-order valence-corrected chi connectivity index (χ0v) is 28.1. The van der Waals surface area contributed by atoms with Gasteiger partial charge in [-0.1, -0.05) is 133 Å². The van der Waals surface area contributed by atoms with Crippen molar-refractivity contribution < 1.29 is 39.9 Å². The first kappa shape index (κ1) is 40.2. The number of cyclic esters (lactones) is 1. The van der Waals surface area contributed by atoms with Gasteiger partial charge < -0.3 is 30.3 Å². The Kier molecular flexibility index (Phi) is 18.6. The number of hydrogen-bond donors (Lipinski definition) is 5. The Morgan fingerprint density at radius 2 is 1.17 bits per heavy atom. The molecule has 0 aromatic rings. The first-order chi connectivity index (χ1) is 19.6. The van der Waals surface area contributed by atoms with Crippen LogP contribution >= 0.6 is 0 Å². The fourth-order valence-electron chi connectivity index (χ4n) is 7.75. The summed E-state index contributed by atoms with van der Waals surface area (Å²) in [5.41, 5.74) is -0.867. The summed E-state index contributed by atoms with van der Waals surface area (Å²) in [6, 6.07) is 0. The van der Waals surface area contributed by atoms with Crippen LogP contribution < -0.4 is 0 Å². The molecule has 0 amide bonds. The van der Waals surface area contributed by atoms with Crippen molar-refractivity contribution in [1.82, 2.24) is 0 Å². The van der Waals surface area contributed by atoms with Crippen LogP contribution in [0.5, 0.6) is 0 Å². The SMILES string of the molecule is CCCCCCCCCCCCCC(C(C)C)(C(C)C)C(C(=O)O)(C(C)C)C(C)C.O=C1O[C@H]([C@@H](O)CO)C(O)=C1O. The van der Waals surface area contributed by atoms with Crippen molar-refractivity contribution in [3.8, 4) is 0 Å². The van der Waals surface area contributed by atoms with Crippen molar-refractivity contribution in [1.29, 1.82) is 0 Å². The molecule has 248 valence electrons. The lowest BCUT2D eigenvalue weighted by atomic mass is 9.44. The molecule has 0 bridgehead atoms. The zero-order chi connectivity index (χ0) is 32.7. The van der Waals surface area contributed by atoms with Crippen molar-refractivity contribution in [3.05, 3.63) is 11.5 Å². The van der Waals surface area contributed by atoms with Crippen molar-refractivity contribution in [2.45, 2.75) is 152 Å². The molecule has 0 radical (unpaired) electrons. The topological polar surface area (TPSA) is 145 Å². The van der Waals surface area contributed by atoms with Crippen molar-refractivity contribution in [2.75, 3.05) is 6.61 Å². The van der Waals surface area contributed by atoms with Gasteiger partial charge in [0, 0.05) is 0 Å². The minimum absolute atomic E-state index is 0.118. The molecule has 5 N–H and O–H groups in total. The van der Waals surface area contributed by atoms with E-state index >= 15 is 0 Å². The first-order valence-corrected chi connectivity index (χ1v) is 16.5. The summed E-state index contributed by atoms with van der Waals surface area (Å²) in [6.07, 6.45) is 12.9. The van der Waals surface area contributed by atoms with Gasteiger partial charge in [0.2, 0.25) is 5.76 Å². The quantitative estimate of drug-likeness (QED) is 0.0699. The predicted octanol–water partition coefficient (Wildman–Crippen LogP) is 7.96. The summed E-state index contributed by atoms with van der Waals surface area (Å²) in [7, 11) is 0. The van der Waals surface area contributed by atoms with Crippen molar-refractivity contribution in [2.24, 2.45) is 34.5 Å². The molecule has 2 atom stereocenters. The highest BCUT2D eigenvalue weighted by Gasteiger charge is 2.62. The number of aliphatic hydroxyl groups excluding tert-OH is 4. The van der Waals surface area contributed by atoms with Crippen LogP contribution in [0.2, 0.25) is 0 Å². The molecule has 1 aliphatic rings. The molecule has 0 saturated carbocycles. The smallest absolute Gasteiger partial charge is 0.377 e. The lowest BCUT2D eigenvalue weighted by Gasteiger charge is -2.58. The standard InChI is InChI=1S/C28H56O2.C6H8O6/c1-10-11-12-13-14-15-16-17-18-19-20-21-27(22(2)3,23(4)5)28(24(6)7,25(8)9)26(29)30;7-1-2(8)5-3(9)4(10)6(11)12-5/h22-25H,10-21H2,1-9H3,(H,29,30);2,5,7-10H,1H2/t;2-,5+/m.0/s1. The van der Waals surface area contributed by atoms with E-state index in [1.54, 1.807) is 0 Å². The number of aliphatic hydroxyl groups is 4. The van der Waals surface area contributed by atoms with Gasteiger partial charge in [-0.15, -0.1) is 0 Å². The monoisotopic (exact) mass is 600 g/mol. The Balaban J connectivity index is 0.00000115. The lowest BCUT2D eigenvalue weighted by Crippen LogP contribution is -2.59. The maximum absolute atomic E-state index is 12.9. The first-order valence-electron chi connectivity index (χ1n) is 16.5. The highest BCUT2D eigenvalue weighted by molar-refractivity contribution is 5.89. The number of carboxylic acid groups (broad SMARTS) is 1. The molecular weight excluding hydrogens is 536 g/mol. The van der Waals surface area contributed by atoms with Gasteiger partial charge in [0.05, 0.1) is 12.0 Å². The van der Waals surface area contributed by atoms with Gasteiger partial charge in [0.15, 0.2) is 11.9 Å². The lowest BCUT2D eigenvalue weighted by molar-refractivity contribution is -0.186. The van der Waals surface area contributed by atoms with E-state index in [4.69, 9.17) is 20.4 Å². The number of carbonyl (C=O) groups is 2. The summed E-state index contributed by atoms with van der Waals surface area (Å²) in [4.78, 5) is 23.4. The van der Waals surface area contributed by atoms with E-state index in [0.29, 0.717) is 11.8 Å². The van der Waals surface area contributed by atoms with E-state index in [1.165, 1.54) is 64.2 Å². The van der Waals surface area contributed by atoms with Gasteiger partial charge in [-0.25, -0.2) is 4.79 Å². The number of hydrogen-bond acceptors (Lipinski definition) is 7. The third-order valence-electron chi connectivity index (χ3n) is 9.68. The Morgan fingerprint density at radius 1 is 0.762 bits per heavy atom. The Morgan fingerprint density at radius 3 is 1.45 bits per heavy atom. The van der Waals surface area contributed by atoms with Gasteiger partial charge in [-0.2, -0.15) is 0 Å². The highest BCUT2D eigenvalue weighted by Crippen LogP contribution is 2.61. The van der Waals surface area contributed by atoms with Gasteiger partial charge in [-0.3, -0.25) is 4.79 Å². The van der Waals surface area contributed by atoms with Crippen LogP contribution in [0.1, 0.15) is 139 Å². The molecule has 0 unspecified atom stereocenters. The minimum Gasteiger partial charge on any atom is -0.505 e. The largest absolute Gasteiger partial charge is 0.505 e. The van der Waals surface area contributed by atoms with E-state index in [9.17, 15) is 14.7 Å². The molecule has 0 fully saturated rings. The van der Waals surface area contributed by atoms with Crippen LogP contribution in [0.3, 0.4) is 0 Å². The molecule has 0 aromatic carbocycles. The molecule has 42 heavy (non-hydrogen) atoms. The minimum atomic E-state index is -1.42. The number of carbonyl (C=O) groups excluding carboxylic acids is 1. The zero-order valence-electron chi connectivity index (χ0n) is 28.1. The maximum Gasteiger partial charge on any atom is 0.377 e. The molecule has 0 spiro atoms. The summed E-state index contributed by atoms with van der Waals surface area (Å²) < 4.78 is 4.32. The summed E-state index contributed by atoms with van der Waals surface area (Å²) in [5.74, 6) is -2.43. The van der Waals surface area contributed by atoms with Crippen LogP contribution in [0.4, 0.5) is 0 Å². The number of aliphatic carboxylic acids is 1. The van der Waals surface area contributed by atoms with Crippen LogP contribution in [0.15, 0.2) is 11.5 Å². The highest BCUT2D eigenvalue weighted by atomic mass is 16.6. The van der Waals surface area contributed by atoms with Crippen molar-refractivity contribution in [3.63, 3.8) is 0 Å². The second kappa shape index (κ2) is 19.5. The second-order valence-electron chi connectivity index (χ2n) is 13.4. The van der Waals surface area contributed by atoms with E-state index in [1.807, 2.05) is 0 Å². The number of carboxylic acids is 1. The fraction of sp³-hybridized carbons (Fsp3) is 0.882. The van der Waals surface area contributed by atoms with Gasteiger partial charge in [0.1, 0.15) is 6.10 Å². The Labute approximate surface area is 256 Å². The van der Waals surface area contributed by atoms with Crippen LogP contribution in [-0.2, 0) is 14.3 Å². The van der Waals surface area contributed by atoms with Gasteiger partial charge in [0.25, 0.3) is 0 Å².